The summed E-state index contributed by atoms with van der Waals surface area (Å²) in [5, 5.41) is 24.0. The Morgan fingerprint density at radius 1 is 1.32 bits per heavy atom. The van der Waals surface area contributed by atoms with Gasteiger partial charge >= 0.3 is 5.97 Å². The molecule has 2 atom stereocenters. The van der Waals surface area contributed by atoms with Crippen LogP contribution in [0.15, 0.2) is 12.4 Å². The van der Waals surface area contributed by atoms with Gasteiger partial charge in [-0.3, -0.25) is 10.1 Å². The number of nitrogens with one attached hydrogen (secondary N) is 2. The number of aliphatic carboxylic acids is 1. The van der Waals surface area contributed by atoms with Crippen LogP contribution in [0.2, 0.25) is 0 Å². The van der Waals surface area contributed by atoms with Gasteiger partial charge in [-0.2, -0.15) is 0 Å². The average molecular weight is 268 g/mol. The van der Waals surface area contributed by atoms with E-state index in [-0.39, 0.29) is 12.6 Å². The molecule has 0 aliphatic heterocycles. The van der Waals surface area contributed by atoms with E-state index in [0.29, 0.717) is 5.95 Å². The lowest BCUT2D eigenvalue weighted by atomic mass is 10.2. The third kappa shape index (κ3) is 5.19. The molecule has 106 valence electrons. The monoisotopic (exact) mass is 268 g/mol. The van der Waals surface area contributed by atoms with Gasteiger partial charge < -0.3 is 15.5 Å². The largest absolute Gasteiger partial charge is 0.480 e. The Bertz CT molecular complexity index is 406. The minimum atomic E-state index is -1.09. The average Bonchev–Trinajstić information content (AvgIpc) is 2.29. The van der Waals surface area contributed by atoms with Crippen molar-refractivity contribution in [3.63, 3.8) is 0 Å². The van der Waals surface area contributed by atoms with Crippen molar-refractivity contribution in [1.29, 1.82) is 0 Å². The first kappa shape index (κ1) is 15.3. The van der Waals surface area contributed by atoms with Crippen molar-refractivity contribution in [2.24, 2.45) is 0 Å². The zero-order valence-corrected chi connectivity index (χ0v) is 11.3. The van der Waals surface area contributed by atoms with Gasteiger partial charge in [-0.1, -0.05) is 0 Å². The molecule has 0 spiro atoms. The number of aliphatic hydroxyl groups is 1. The van der Waals surface area contributed by atoms with E-state index in [4.69, 9.17) is 5.11 Å². The minimum Gasteiger partial charge on any atom is -0.480 e. The van der Waals surface area contributed by atoms with E-state index in [1.807, 2.05) is 13.8 Å². The molecular weight excluding hydrogens is 248 g/mol. The van der Waals surface area contributed by atoms with Crippen LogP contribution in [-0.2, 0) is 11.3 Å². The van der Waals surface area contributed by atoms with Gasteiger partial charge in [-0.05, 0) is 20.8 Å². The molecular formula is C12H20N4O3. The molecule has 1 rings (SSSR count). The molecule has 0 fully saturated rings. The first-order chi connectivity index (χ1) is 8.90. The van der Waals surface area contributed by atoms with Gasteiger partial charge in [0, 0.05) is 30.5 Å². The van der Waals surface area contributed by atoms with E-state index >= 15 is 0 Å². The van der Waals surface area contributed by atoms with Crippen LogP contribution in [0.1, 0.15) is 26.3 Å². The summed E-state index contributed by atoms with van der Waals surface area (Å²) in [4.78, 5) is 19.1. The molecule has 0 aromatic carbocycles. The van der Waals surface area contributed by atoms with Crippen LogP contribution < -0.4 is 10.6 Å². The Morgan fingerprint density at radius 2 is 1.89 bits per heavy atom. The van der Waals surface area contributed by atoms with Gasteiger partial charge in [0.25, 0.3) is 0 Å². The van der Waals surface area contributed by atoms with E-state index in [1.54, 1.807) is 12.4 Å². The van der Waals surface area contributed by atoms with Crippen LogP contribution in [0.25, 0.3) is 0 Å². The fourth-order valence-corrected chi connectivity index (χ4v) is 1.47. The van der Waals surface area contributed by atoms with Crippen molar-refractivity contribution < 1.29 is 15.0 Å². The predicted octanol–water partition coefficient (Wildman–Crippen LogP) is 0.221. The van der Waals surface area contributed by atoms with Crippen molar-refractivity contribution >= 4 is 11.9 Å². The van der Waals surface area contributed by atoms with Gasteiger partial charge in [-0.25, -0.2) is 9.97 Å². The summed E-state index contributed by atoms with van der Waals surface area (Å²) < 4.78 is 0. The number of anilines is 1. The third-order valence-electron chi connectivity index (χ3n) is 2.40. The molecule has 7 nitrogen and oxygen atoms in total. The van der Waals surface area contributed by atoms with Crippen molar-refractivity contribution in [3.8, 4) is 0 Å². The predicted molar refractivity (Wildman–Crippen MR) is 70.7 cm³/mol. The fourth-order valence-electron chi connectivity index (χ4n) is 1.47. The molecule has 0 amide bonds. The van der Waals surface area contributed by atoms with Gasteiger partial charge in [-0.15, -0.1) is 0 Å². The zero-order valence-electron chi connectivity index (χ0n) is 11.3. The summed E-state index contributed by atoms with van der Waals surface area (Å²) in [6.45, 7) is 5.68. The quantitative estimate of drug-likeness (QED) is 0.560. The normalized spacial score (nSPS) is 14.2. The van der Waals surface area contributed by atoms with Gasteiger partial charge in [0.2, 0.25) is 5.95 Å². The highest BCUT2D eigenvalue weighted by molar-refractivity contribution is 5.74. The second-order valence-corrected chi connectivity index (χ2v) is 4.65. The number of carboxylic acid groups (broad SMARTS) is 1. The molecule has 0 aliphatic rings. The fraction of sp³-hybridized carbons (Fsp3) is 0.583. The SMILES string of the molecule is CC(C)Nc1ncc(CN[C@@H](C(=O)O)[C@H](C)O)cn1. The van der Waals surface area contributed by atoms with Crippen LogP contribution in [-0.4, -0.2) is 44.3 Å². The van der Waals surface area contributed by atoms with Crippen molar-refractivity contribution in [1.82, 2.24) is 15.3 Å². The topological polar surface area (TPSA) is 107 Å². The molecule has 4 N–H and O–H groups in total. The molecule has 0 bridgehead atoms. The Hall–Kier alpha value is -1.73. The lowest BCUT2D eigenvalue weighted by molar-refractivity contribution is -0.142. The van der Waals surface area contributed by atoms with Gasteiger partial charge in [0.05, 0.1) is 6.10 Å². The van der Waals surface area contributed by atoms with E-state index in [2.05, 4.69) is 20.6 Å². The Balaban J connectivity index is 2.56. The molecule has 1 aromatic rings. The lowest BCUT2D eigenvalue weighted by Gasteiger charge is -2.16. The number of hydrogen-bond donors (Lipinski definition) is 4. The molecule has 0 unspecified atom stereocenters. The molecule has 0 radical (unpaired) electrons. The summed E-state index contributed by atoms with van der Waals surface area (Å²) >= 11 is 0. The number of carboxylic acids is 1. The molecule has 0 aliphatic carbocycles. The van der Waals surface area contributed by atoms with Gasteiger partial charge in [0.1, 0.15) is 6.04 Å². The first-order valence-corrected chi connectivity index (χ1v) is 6.12. The van der Waals surface area contributed by atoms with Crippen LogP contribution in [0, 0.1) is 0 Å². The summed E-state index contributed by atoms with van der Waals surface area (Å²) in [6, 6.07) is -0.760. The molecule has 19 heavy (non-hydrogen) atoms. The van der Waals surface area contributed by atoms with Crippen LogP contribution in [0.4, 0.5) is 5.95 Å². The smallest absolute Gasteiger partial charge is 0.323 e. The Morgan fingerprint density at radius 3 is 2.32 bits per heavy atom. The van der Waals surface area contributed by atoms with Crippen LogP contribution in [0.5, 0.6) is 0 Å². The van der Waals surface area contributed by atoms with E-state index in [1.165, 1.54) is 6.92 Å². The standard InChI is InChI=1S/C12H20N4O3/c1-7(2)16-12-14-5-9(6-15-12)4-13-10(8(3)17)11(18)19/h5-8,10,13,17H,4H2,1-3H3,(H,18,19)(H,14,15,16)/t8-,10+/m0/s1. The summed E-state index contributed by atoms with van der Waals surface area (Å²) in [5.74, 6) is -0.557. The van der Waals surface area contributed by atoms with Crippen molar-refractivity contribution in [3.05, 3.63) is 18.0 Å². The minimum absolute atomic E-state index is 0.246. The lowest BCUT2D eigenvalue weighted by Crippen LogP contribution is -2.44. The second kappa shape index (κ2) is 7.01. The van der Waals surface area contributed by atoms with Gasteiger partial charge in [0.15, 0.2) is 0 Å². The highest BCUT2D eigenvalue weighted by Gasteiger charge is 2.22. The molecule has 1 heterocycles. The second-order valence-electron chi connectivity index (χ2n) is 4.65. The Kier molecular flexibility index (Phi) is 5.65. The maximum Gasteiger partial charge on any atom is 0.323 e. The van der Waals surface area contributed by atoms with Crippen molar-refractivity contribution in [2.45, 2.75) is 45.5 Å². The maximum atomic E-state index is 10.9. The number of aromatic nitrogens is 2. The molecule has 1 aromatic heterocycles. The molecule has 0 saturated carbocycles. The van der Waals surface area contributed by atoms with Crippen LogP contribution in [0.3, 0.4) is 0 Å². The zero-order chi connectivity index (χ0) is 14.4. The first-order valence-electron chi connectivity index (χ1n) is 6.12. The summed E-state index contributed by atoms with van der Waals surface area (Å²) in [7, 11) is 0. The number of rotatable bonds is 7. The van der Waals surface area contributed by atoms with Crippen molar-refractivity contribution in [2.75, 3.05) is 5.32 Å². The number of hydrogen-bond acceptors (Lipinski definition) is 6. The van der Waals surface area contributed by atoms with E-state index < -0.39 is 18.1 Å². The Labute approximate surface area is 112 Å². The maximum absolute atomic E-state index is 10.9. The molecule has 0 saturated heterocycles. The summed E-state index contributed by atoms with van der Waals surface area (Å²) in [5.41, 5.74) is 0.751. The highest BCUT2D eigenvalue weighted by atomic mass is 16.4. The number of nitrogens with zero attached hydrogens (tertiary/aromatic N) is 2. The van der Waals surface area contributed by atoms with E-state index in [9.17, 15) is 9.90 Å². The third-order valence-corrected chi connectivity index (χ3v) is 2.40. The van der Waals surface area contributed by atoms with E-state index in [0.717, 1.165) is 5.56 Å². The molecule has 7 heteroatoms. The number of carbonyl (C=O) groups is 1. The highest BCUT2D eigenvalue weighted by Crippen LogP contribution is 2.03. The summed E-state index contributed by atoms with van der Waals surface area (Å²) in [6.07, 6.45) is 2.26. The van der Waals surface area contributed by atoms with Crippen LogP contribution >= 0.6 is 0 Å². The number of aliphatic hydroxyl groups excluding tert-OH is 1.